The number of epoxide rings is 1. The maximum Gasteiger partial charge on any atom is 0.243 e. The molecule has 1 saturated heterocycles. The molecule has 0 spiro atoms. The molecule has 0 radical (unpaired) electrons. The molecule has 1 aliphatic heterocycles. The largest absolute Gasteiger partial charge is 0.361 e. The van der Waals surface area contributed by atoms with Crippen molar-refractivity contribution in [3.05, 3.63) is 71.8 Å². The highest BCUT2D eigenvalue weighted by Crippen LogP contribution is 2.29. The molecule has 2 aromatic rings. The minimum absolute atomic E-state index is 0.0626. The number of nitrogens with one attached hydrogen (secondary N) is 4. The smallest absolute Gasteiger partial charge is 0.243 e. The van der Waals surface area contributed by atoms with Crippen LogP contribution >= 0.6 is 0 Å². The highest BCUT2D eigenvalue weighted by molar-refractivity contribution is 5.98. The Kier molecular flexibility index (Phi) is 13.9. The van der Waals surface area contributed by atoms with Crippen molar-refractivity contribution in [2.24, 2.45) is 11.8 Å². The van der Waals surface area contributed by atoms with Crippen molar-refractivity contribution >= 4 is 23.5 Å². The van der Waals surface area contributed by atoms with Crippen LogP contribution in [0.2, 0.25) is 0 Å². The summed E-state index contributed by atoms with van der Waals surface area (Å²) in [6, 6.07) is 16.4. The Morgan fingerprint density at radius 3 is 1.65 bits per heavy atom. The Hall–Kier alpha value is -3.56. The molecule has 0 aliphatic carbocycles. The van der Waals surface area contributed by atoms with E-state index in [0.717, 1.165) is 11.1 Å². The Bertz CT molecular complexity index is 1280. The summed E-state index contributed by atoms with van der Waals surface area (Å²) in [5, 5.41) is 12.2. The number of carbonyl (C=O) groups is 4. The fraction of sp³-hybridized carbons (Fsp3) is 0.568. The lowest BCUT2D eigenvalue weighted by Crippen LogP contribution is -2.59. The molecule has 0 bridgehead atoms. The predicted octanol–water partition coefficient (Wildman–Crippen LogP) is 4.13. The van der Waals surface area contributed by atoms with Crippen molar-refractivity contribution in [3.63, 3.8) is 0 Å². The summed E-state index contributed by atoms with van der Waals surface area (Å²) in [6.45, 7) is 14.0. The molecular weight excluding hydrogens is 580 g/mol. The minimum Gasteiger partial charge on any atom is -0.361 e. The summed E-state index contributed by atoms with van der Waals surface area (Å²) < 4.78 is 5.40. The maximum atomic E-state index is 13.9. The van der Waals surface area contributed by atoms with Crippen LogP contribution in [0.4, 0.5) is 0 Å². The normalized spacial score (nSPS) is 18.5. The molecule has 3 amide bonds. The third-order valence-electron chi connectivity index (χ3n) is 8.11. The third-order valence-corrected chi connectivity index (χ3v) is 8.11. The molecule has 9 heteroatoms. The number of ketones is 1. The van der Waals surface area contributed by atoms with Crippen LogP contribution in [0.5, 0.6) is 0 Å². The van der Waals surface area contributed by atoms with Gasteiger partial charge in [-0.2, -0.15) is 0 Å². The van der Waals surface area contributed by atoms with Crippen molar-refractivity contribution in [1.82, 2.24) is 21.3 Å². The highest BCUT2D eigenvalue weighted by atomic mass is 16.6. The summed E-state index contributed by atoms with van der Waals surface area (Å²) >= 11 is 0. The van der Waals surface area contributed by atoms with Crippen molar-refractivity contribution in [2.75, 3.05) is 6.61 Å². The average molecular weight is 635 g/mol. The van der Waals surface area contributed by atoms with Gasteiger partial charge in [0.15, 0.2) is 5.78 Å². The average Bonchev–Trinajstić information content (AvgIpc) is 3.76. The molecule has 9 nitrogen and oxygen atoms in total. The lowest BCUT2D eigenvalue weighted by molar-refractivity contribution is -0.134. The van der Waals surface area contributed by atoms with Crippen molar-refractivity contribution in [3.8, 4) is 0 Å². The van der Waals surface area contributed by atoms with Gasteiger partial charge in [0.05, 0.1) is 18.7 Å². The first-order valence-electron chi connectivity index (χ1n) is 16.7. The molecule has 252 valence electrons. The number of ether oxygens (including phenoxy) is 1. The first kappa shape index (κ1) is 36.9. The molecule has 4 N–H and O–H groups in total. The fourth-order valence-electron chi connectivity index (χ4n) is 5.55. The number of carbonyl (C=O) groups excluding carboxylic acids is 4. The number of hydrogen-bond acceptors (Lipinski definition) is 6. The van der Waals surface area contributed by atoms with Gasteiger partial charge >= 0.3 is 0 Å². The Morgan fingerprint density at radius 2 is 1.13 bits per heavy atom. The Morgan fingerprint density at radius 1 is 0.674 bits per heavy atom. The summed E-state index contributed by atoms with van der Waals surface area (Å²) in [6.07, 6.45) is 2.35. The van der Waals surface area contributed by atoms with E-state index in [-0.39, 0.29) is 36.0 Å². The van der Waals surface area contributed by atoms with E-state index in [1.54, 1.807) is 6.92 Å². The van der Waals surface area contributed by atoms with Crippen LogP contribution < -0.4 is 21.3 Å². The minimum atomic E-state index is -0.959. The summed E-state index contributed by atoms with van der Waals surface area (Å²) in [4.78, 5) is 54.6. The standard InChI is InChI=1S/C37H54N4O5/c1-24(2)20-30(33(42)37(7)23-46-37)39-36(45)32(22-28-16-12-9-13-17-28)41-35(44)31(21-25(3)4)40-34(43)29(38-26(5)6)19-18-27-14-10-8-11-15-27/h8-17,24-26,29-32,38H,18-23H2,1-7H3,(H,39,45)(H,40,43)(H,41,44)/t29-,30?,31-,32-,37+/m0/s1. The second kappa shape index (κ2) is 17.4. The molecule has 1 fully saturated rings. The van der Waals surface area contributed by atoms with Gasteiger partial charge in [-0.3, -0.25) is 19.2 Å². The molecule has 46 heavy (non-hydrogen) atoms. The van der Waals surface area contributed by atoms with E-state index in [1.807, 2.05) is 102 Å². The zero-order valence-electron chi connectivity index (χ0n) is 28.6. The number of Topliss-reactive ketones (excluding diaryl/α,β-unsaturated/α-hetero) is 1. The van der Waals surface area contributed by atoms with Gasteiger partial charge in [-0.25, -0.2) is 0 Å². The van der Waals surface area contributed by atoms with E-state index in [4.69, 9.17) is 4.74 Å². The van der Waals surface area contributed by atoms with Crippen LogP contribution in [0.3, 0.4) is 0 Å². The van der Waals surface area contributed by atoms with Gasteiger partial charge in [0.1, 0.15) is 17.7 Å². The van der Waals surface area contributed by atoms with Crippen LogP contribution in [0, 0.1) is 11.8 Å². The Balaban J connectivity index is 1.79. The summed E-state index contributed by atoms with van der Waals surface area (Å²) in [5.74, 6) is -1.05. The molecule has 0 aromatic heterocycles. The van der Waals surface area contributed by atoms with E-state index in [0.29, 0.717) is 32.3 Å². The third kappa shape index (κ3) is 12.0. The number of hydrogen-bond donors (Lipinski definition) is 4. The van der Waals surface area contributed by atoms with Crippen LogP contribution in [0.15, 0.2) is 60.7 Å². The SMILES string of the molecule is CC(C)CC(NC(=O)[C@H](Cc1ccccc1)NC(=O)[C@H](CC(C)C)NC(=O)[C@H](CCc1ccccc1)NC(C)C)C(=O)[C@@]1(C)CO1. The van der Waals surface area contributed by atoms with Gasteiger partial charge in [0.25, 0.3) is 0 Å². The van der Waals surface area contributed by atoms with Crippen LogP contribution in [-0.4, -0.2) is 65.9 Å². The topological polar surface area (TPSA) is 129 Å². The summed E-state index contributed by atoms with van der Waals surface area (Å²) in [5.41, 5.74) is 1.10. The molecule has 2 aromatic carbocycles. The lowest BCUT2D eigenvalue weighted by Gasteiger charge is -2.28. The van der Waals surface area contributed by atoms with Gasteiger partial charge in [0, 0.05) is 12.5 Å². The lowest BCUT2D eigenvalue weighted by atomic mass is 9.93. The van der Waals surface area contributed by atoms with E-state index in [2.05, 4.69) is 21.3 Å². The first-order chi connectivity index (χ1) is 21.8. The zero-order valence-corrected chi connectivity index (χ0v) is 28.6. The number of benzene rings is 2. The maximum absolute atomic E-state index is 13.9. The van der Waals surface area contributed by atoms with E-state index < -0.39 is 41.6 Å². The van der Waals surface area contributed by atoms with E-state index in [1.165, 1.54) is 0 Å². The van der Waals surface area contributed by atoms with Crippen LogP contribution in [0.1, 0.15) is 78.9 Å². The van der Waals surface area contributed by atoms with Crippen LogP contribution in [0.25, 0.3) is 0 Å². The molecular formula is C37H54N4O5. The van der Waals surface area contributed by atoms with Crippen molar-refractivity contribution < 1.29 is 23.9 Å². The Labute approximate surface area is 275 Å². The molecule has 1 aliphatic rings. The first-order valence-corrected chi connectivity index (χ1v) is 16.7. The van der Waals surface area contributed by atoms with Gasteiger partial charge in [0.2, 0.25) is 17.7 Å². The summed E-state index contributed by atoms with van der Waals surface area (Å²) in [7, 11) is 0. The number of aryl methyl sites for hydroxylation is 1. The van der Waals surface area contributed by atoms with Crippen LogP contribution in [-0.2, 0) is 36.8 Å². The van der Waals surface area contributed by atoms with Gasteiger partial charge in [-0.15, -0.1) is 0 Å². The monoisotopic (exact) mass is 634 g/mol. The molecule has 1 unspecified atom stereocenters. The van der Waals surface area contributed by atoms with E-state index in [9.17, 15) is 19.2 Å². The predicted molar refractivity (Wildman–Crippen MR) is 181 cm³/mol. The molecule has 0 saturated carbocycles. The highest BCUT2D eigenvalue weighted by Gasteiger charge is 2.50. The van der Waals surface area contributed by atoms with Gasteiger partial charge < -0.3 is 26.0 Å². The van der Waals surface area contributed by atoms with Crippen molar-refractivity contribution in [2.45, 2.75) is 116 Å². The quantitative estimate of drug-likeness (QED) is 0.172. The second-order valence-corrected chi connectivity index (χ2v) is 13.9. The second-order valence-electron chi connectivity index (χ2n) is 13.9. The number of amides is 3. The molecule has 3 rings (SSSR count). The zero-order chi connectivity index (χ0) is 33.9. The van der Waals surface area contributed by atoms with Crippen molar-refractivity contribution in [1.29, 1.82) is 0 Å². The number of rotatable bonds is 19. The van der Waals surface area contributed by atoms with Gasteiger partial charge in [-0.05, 0) is 55.6 Å². The fourth-order valence-corrected chi connectivity index (χ4v) is 5.55. The molecule has 5 atom stereocenters. The molecule has 1 heterocycles. The van der Waals surface area contributed by atoms with Gasteiger partial charge in [-0.1, -0.05) is 102 Å². The van der Waals surface area contributed by atoms with E-state index >= 15 is 0 Å².